The van der Waals surface area contributed by atoms with Crippen LogP contribution in [0, 0.1) is 13.8 Å². The standard InChI is InChI=1S/C21H23N3O2S/c1-16-7-9-19(15-17(16)2)27(25,26)24-13-11-23(12-14-24)21-10-8-18-5-3-4-6-20(18)22-21/h3-10,15H,11-14H2,1-2H3. The Morgan fingerprint density at radius 2 is 1.59 bits per heavy atom. The van der Waals surface area contributed by atoms with Crippen LogP contribution in [0.1, 0.15) is 11.1 Å². The third kappa shape index (κ3) is 3.42. The first kappa shape index (κ1) is 17.9. The lowest BCUT2D eigenvalue weighted by molar-refractivity contribution is 0.384. The lowest BCUT2D eigenvalue weighted by atomic mass is 10.1. The molecule has 2 heterocycles. The summed E-state index contributed by atoms with van der Waals surface area (Å²) in [5.41, 5.74) is 3.05. The van der Waals surface area contributed by atoms with E-state index in [9.17, 15) is 8.42 Å². The van der Waals surface area contributed by atoms with Gasteiger partial charge in [0.15, 0.2) is 0 Å². The summed E-state index contributed by atoms with van der Waals surface area (Å²) in [5.74, 6) is 0.900. The molecule has 0 aliphatic carbocycles. The summed E-state index contributed by atoms with van der Waals surface area (Å²) < 4.78 is 27.5. The predicted molar refractivity (Wildman–Crippen MR) is 109 cm³/mol. The van der Waals surface area contributed by atoms with Gasteiger partial charge in [0.25, 0.3) is 0 Å². The second-order valence-electron chi connectivity index (χ2n) is 7.00. The lowest BCUT2D eigenvalue weighted by Crippen LogP contribution is -2.48. The SMILES string of the molecule is Cc1ccc(S(=O)(=O)N2CCN(c3ccc4ccccc4n3)CC2)cc1C. The minimum absolute atomic E-state index is 0.378. The smallest absolute Gasteiger partial charge is 0.243 e. The number of benzene rings is 2. The third-order valence-corrected chi connectivity index (χ3v) is 7.16. The Morgan fingerprint density at radius 3 is 2.33 bits per heavy atom. The molecule has 0 spiro atoms. The number of piperazine rings is 1. The summed E-state index contributed by atoms with van der Waals surface area (Å²) in [5, 5.41) is 1.11. The van der Waals surface area contributed by atoms with Crippen LogP contribution in [-0.4, -0.2) is 43.9 Å². The number of para-hydroxylation sites is 1. The highest BCUT2D eigenvalue weighted by Crippen LogP contribution is 2.23. The highest BCUT2D eigenvalue weighted by molar-refractivity contribution is 7.89. The summed E-state index contributed by atoms with van der Waals surface area (Å²) in [4.78, 5) is 7.25. The molecule has 0 N–H and O–H groups in total. The predicted octanol–water partition coefficient (Wildman–Crippen LogP) is 3.36. The van der Waals surface area contributed by atoms with Gasteiger partial charge in [-0.25, -0.2) is 13.4 Å². The van der Waals surface area contributed by atoms with Gasteiger partial charge >= 0.3 is 0 Å². The van der Waals surface area contributed by atoms with Gasteiger partial charge < -0.3 is 4.90 Å². The van der Waals surface area contributed by atoms with Crippen molar-refractivity contribution < 1.29 is 8.42 Å². The zero-order chi connectivity index (χ0) is 19.0. The van der Waals surface area contributed by atoms with E-state index in [0.29, 0.717) is 31.1 Å². The Balaban J connectivity index is 1.51. The molecule has 6 heteroatoms. The average molecular weight is 382 g/mol. The van der Waals surface area contributed by atoms with Gasteiger partial charge in [0.05, 0.1) is 10.4 Å². The normalized spacial score (nSPS) is 16.0. The van der Waals surface area contributed by atoms with Crippen molar-refractivity contribution in [1.29, 1.82) is 0 Å². The lowest BCUT2D eigenvalue weighted by Gasteiger charge is -2.34. The summed E-state index contributed by atoms with van der Waals surface area (Å²) >= 11 is 0. The number of nitrogens with zero attached hydrogens (tertiary/aromatic N) is 3. The number of aryl methyl sites for hydroxylation is 2. The molecule has 140 valence electrons. The molecule has 1 aliphatic rings. The van der Waals surface area contributed by atoms with Gasteiger partial charge in [-0.05, 0) is 55.3 Å². The van der Waals surface area contributed by atoms with Crippen molar-refractivity contribution in [2.24, 2.45) is 0 Å². The van der Waals surface area contributed by atoms with Crippen LogP contribution >= 0.6 is 0 Å². The van der Waals surface area contributed by atoms with Crippen molar-refractivity contribution in [2.45, 2.75) is 18.7 Å². The highest BCUT2D eigenvalue weighted by Gasteiger charge is 2.29. The fourth-order valence-electron chi connectivity index (χ4n) is 3.41. The molecule has 0 unspecified atom stereocenters. The molecule has 0 bridgehead atoms. The van der Waals surface area contributed by atoms with Crippen molar-refractivity contribution in [2.75, 3.05) is 31.1 Å². The molecule has 3 aromatic rings. The Labute approximate surface area is 160 Å². The van der Waals surface area contributed by atoms with Gasteiger partial charge in [-0.3, -0.25) is 0 Å². The number of sulfonamides is 1. The Bertz CT molecular complexity index is 1090. The zero-order valence-corrected chi connectivity index (χ0v) is 16.4. The molecule has 1 saturated heterocycles. The second kappa shape index (κ2) is 6.94. The maximum absolute atomic E-state index is 13.0. The second-order valence-corrected chi connectivity index (χ2v) is 8.94. The van der Waals surface area contributed by atoms with Crippen molar-refractivity contribution in [3.8, 4) is 0 Å². The number of pyridine rings is 1. The van der Waals surface area contributed by atoms with Crippen molar-refractivity contribution >= 4 is 26.7 Å². The number of fused-ring (bicyclic) bond motifs is 1. The third-order valence-electron chi connectivity index (χ3n) is 5.26. The van der Waals surface area contributed by atoms with E-state index in [0.717, 1.165) is 27.8 Å². The molecular formula is C21H23N3O2S. The first-order valence-corrected chi connectivity index (χ1v) is 10.6. The van der Waals surface area contributed by atoms with Crippen LogP contribution < -0.4 is 4.90 Å². The van der Waals surface area contributed by atoms with Gasteiger partial charge in [0, 0.05) is 31.6 Å². The largest absolute Gasteiger partial charge is 0.354 e. The molecule has 2 aromatic carbocycles. The topological polar surface area (TPSA) is 53.5 Å². The van der Waals surface area contributed by atoms with E-state index < -0.39 is 10.0 Å². The molecule has 5 nitrogen and oxygen atoms in total. The van der Waals surface area contributed by atoms with E-state index in [1.807, 2.05) is 50.2 Å². The molecule has 27 heavy (non-hydrogen) atoms. The quantitative estimate of drug-likeness (QED) is 0.698. The van der Waals surface area contributed by atoms with Crippen LogP contribution in [-0.2, 0) is 10.0 Å². The van der Waals surface area contributed by atoms with Crippen LogP contribution in [0.2, 0.25) is 0 Å². The minimum atomic E-state index is -3.46. The number of rotatable bonds is 3. The van der Waals surface area contributed by atoms with Crippen LogP contribution in [0.15, 0.2) is 59.5 Å². The van der Waals surface area contributed by atoms with Gasteiger partial charge in [-0.1, -0.05) is 24.3 Å². The van der Waals surface area contributed by atoms with E-state index in [1.165, 1.54) is 0 Å². The monoisotopic (exact) mass is 381 g/mol. The maximum atomic E-state index is 13.0. The van der Waals surface area contributed by atoms with Gasteiger partial charge in [-0.2, -0.15) is 4.31 Å². The Morgan fingerprint density at radius 1 is 0.852 bits per heavy atom. The van der Waals surface area contributed by atoms with Crippen molar-refractivity contribution in [1.82, 2.24) is 9.29 Å². The molecule has 0 amide bonds. The first-order chi connectivity index (χ1) is 12.9. The summed E-state index contributed by atoms with van der Waals surface area (Å²) in [6.07, 6.45) is 0. The van der Waals surface area contributed by atoms with Gasteiger partial charge in [-0.15, -0.1) is 0 Å². The molecule has 1 fully saturated rings. The molecule has 1 aromatic heterocycles. The Hall–Kier alpha value is -2.44. The Kier molecular flexibility index (Phi) is 4.61. The molecule has 0 atom stereocenters. The fourth-order valence-corrected chi connectivity index (χ4v) is 4.92. The maximum Gasteiger partial charge on any atom is 0.243 e. The highest BCUT2D eigenvalue weighted by atomic mass is 32.2. The number of aromatic nitrogens is 1. The van der Waals surface area contributed by atoms with Crippen molar-refractivity contribution in [3.63, 3.8) is 0 Å². The van der Waals surface area contributed by atoms with E-state index in [2.05, 4.69) is 11.0 Å². The molecule has 0 radical (unpaired) electrons. The van der Waals surface area contributed by atoms with Gasteiger partial charge in [0.2, 0.25) is 10.0 Å². The van der Waals surface area contributed by atoms with Crippen LogP contribution in [0.5, 0.6) is 0 Å². The average Bonchev–Trinajstić information content (AvgIpc) is 2.69. The van der Waals surface area contributed by atoms with Gasteiger partial charge in [0.1, 0.15) is 5.82 Å². The molecule has 1 aliphatic heterocycles. The van der Waals surface area contributed by atoms with E-state index in [-0.39, 0.29) is 0 Å². The number of anilines is 1. The van der Waals surface area contributed by atoms with E-state index in [4.69, 9.17) is 4.98 Å². The van der Waals surface area contributed by atoms with Crippen LogP contribution in [0.4, 0.5) is 5.82 Å². The first-order valence-electron chi connectivity index (χ1n) is 9.13. The zero-order valence-electron chi connectivity index (χ0n) is 15.6. The number of hydrogen-bond donors (Lipinski definition) is 0. The summed E-state index contributed by atoms with van der Waals surface area (Å²) in [6.45, 7) is 6.12. The van der Waals surface area contributed by atoms with Crippen LogP contribution in [0.3, 0.4) is 0 Å². The minimum Gasteiger partial charge on any atom is -0.354 e. The molecular weight excluding hydrogens is 358 g/mol. The van der Waals surface area contributed by atoms with Crippen molar-refractivity contribution in [3.05, 3.63) is 65.7 Å². The summed E-state index contributed by atoms with van der Waals surface area (Å²) in [6, 6.07) is 17.4. The van der Waals surface area contributed by atoms with E-state index in [1.54, 1.807) is 16.4 Å². The summed E-state index contributed by atoms with van der Waals surface area (Å²) in [7, 11) is -3.46. The molecule has 4 rings (SSSR count). The van der Waals surface area contributed by atoms with Crippen LogP contribution in [0.25, 0.3) is 10.9 Å². The molecule has 0 saturated carbocycles. The fraction of sp³-hybridized carbons (Fsp3) is 0.286. The van der Waals surface area contributed by atoms with E-state index >= 15 is 0 Å². The number of hydrogen-bond acceptors (Lipinski definition) is 4.